The van der Waals surface area contributed by atoms with E-state index < -0.39 is 0 Å². The van der Waals surface area contributed by atoms with Gasteiger partial charge in [0.15, 0.2) is 0 Å². The van der Waals surface area contributed by atoms with Gasteiger partial charge in [0.1, 0.15) is 6.61 Å². The lowest BCUT2D eigenvalue weighted by Gasteiger charge is -2.51. The van der Waals surface area contributed by atoms with Crippen molar-refractivity contribution in [2.24, 2.45) is 28.1 Å². The molecule has 1 aromatic rings. The number of rotatable bonds is 2. The molecule has 0 bridgehead atoms. The summed E-state index contributed by atoms with van der Waals surface area (Å²) in [6.07, 6.45) is 8.37. The Balaban J connectivity index is 1.11. The first-order valence-corrected chi connectivity index (χ1v) is 9.72. The van der Waals surface area contributed by atoms with Gasteiger partial charge in [0.25, 0.3) is 0 Å². The van der Waals surface area contributed by atoms with Crippen LogP contribution in [0.4, 0.5) is 4.79 Å². The van der Waals surface area contributed by atoms with Crippen LogP contribution < -0.4 is 0 Å². The minimum absolute atomic E-state index is 0.109. The van der Waals surface area contributed by atoms with Crippen LogP contribution in [0.25, 0.3) is 0 Å². The van der Waals surface area contributed by atoms with Crippen LogP contribution in [0.2, 0.25) is 0 Å². The zero-order chi connectivity index (χ0) is 16.0. The molecule has 126 valence electrons. The number of nitrogens with zero attached hydrogens (tertiary/aromatic N) is 1. The fourth-order valence-electron chi connectivity index (χ4n) is 6.93. The molecule has 1 heterocycles. The van der Waals surface area contributed by atoms with Crippen LogP contribution in [-0.2, 0) is 11.3 Å². The number of carbonyl (C=O) groups excluding carboxylic acids is 1. The second kappa shape index (κ2) is 4.17. The van der Waals surface area contributed by atoms with E-state index in [2.05, 4.69) is 0 Å². The van der Waals surface area contributed by atoms with Crippen molar-refractivity contribution < 1.29 is 9.53 Å². The van der Waals surface area contributed by atoms with E-state index in [4.69, 9.17) is 4.74 Å². The van der Waals surface area contributed by atoms with Crippen molar-refractivity contribution in [3.8, 4) is 0 Å². The fourth-order valence-corrected chi connectivity index (χ4v) is 6.93. The quantitative estimate of drug-likeness (QED) is 0.815. The van der Waals surface area contributed by atoms with Crippen molar-refractivity contribution >= 4 is 6.09 Å². The molecular formula is C21H25NO2. The first-order valence-electron chi connectivity index (χ1n) is 9.72. The maximum Gasteiger partial charge on any atom is 0.410 e. The lowest BCUT2D eigenvalue weighted by molar-refractivity contribution is -0.0342. The van der Waals surface area contributed by atoms with Crippen molar-refractivity contribution in [3.05, 3.63) is 35.9 Å². The summed E-state index contributed by atoms with van der Waals surface area (Å²) >= 11 is 0. The Morgan fingerprint density at radius 1 is 1.04 bits per heavy atom. The Morgan fingerprint density at radius 2 is 1.75 bits per heavy atom. The average Bonchev–Trinajstić information content (AvgIpc) is 3.46. The molecule has 0 aromatic heterocycles. The van der Waals surface area contributed by atoms with Crippen LogP contribution in [0.1, 0.15) is 44.1 Å². The minimum atomic E-state index is -0.109. The Morgan fingerprint density at radius 3 is 2.50 bits per heavy atom. The lowest BCUT2D eigenvalue weighted by Crippen LogP contribution is -2.60. The van der Waals surface area contributed by atoms with Gasteiger partial charge in [0, 0.05) is 18.5 Å². The molecule has 6 fully saturated rings. The van der Waals surface area contributed by atoms with Gasteiger partial charge in [-0.1, -0.05) is 56.0 Å². The lowest BCUT2D eigenvalue weighted by atomic mass is 9.70. The van der Waals surface area contributed by atoms with Gasteiger partial charge in [-0.05, 0) is 41.1 Å². The second-order valence-electron chi connectivity index (χ2n) is 8.96. The van der Waals surface area contributed by atoms with Gasteiger partial charge in [0.05, 0.1) is 0 Å². The molecule has 3 nitrogen and oxygen atoms in total. The van der Waals surface area contributed by atoms with Crippen LogP contribution in [0.3, 0.4) is 0 Å². The second-order valence-corrected chi connectivity index (χ2v) is 8.96. The molecule has 1 amide bonds. The highest BCUT2D eigenvalue weighted by Crippen LogP contribution is 3.22. The number of carbonyl (C=O) groups is 1. The summed E-state index contributed by atoms with van der Waals surface area (Å²) < 4.78 is 5.53. The summed E-state index contributed by atoms with van der Waals surface area (Å²) in [6.45, 7) is 2.33. The van der Waals surface area contributed by atoms with Crippen molar-refractivity contribution in [2.75, 3.05) is 13.1 Å². The number of benzene rings is 1. The molecule has 0 N–H and O–H groups in total. The monoisotopic (exact) mass is 323 g/mol. The Hall–Kier alpha value is -1.51. The van der Waals surface area contributed by atoms with Gasteiger partial charge >= 0.3 is 6.09 Å². The predicted molar refractivity (Wildman–Crippen MR) is 90.2 cm³/mol. The first-order chi connectivity index (χ1) is 11.8. The van der Waals surface area contributed by atoms with Crippen LogP contribution >= 0.6 is 0 Å². The molecule has 3 spiro atoms. The van der Waals surface area contributed by atoms with Crippen molar-refractivity contribution in [1.82, 2.24) is 4.90 Å². The summed E-state index contributed by atoms with van der Waals surface area (Å²) in [6, 6.07) is 9.98. The third-order valence-corrected chi connectivity index (χ3v) is 8.13. The third-order valence-electron chi connectivity index (χ3n) is 8.13. The maximum absolute atomic E-state index is 12.4. The number of amides is 1. The summed E-state index contributed by atoms with van der Waals surface area (Å²) in [7, 11) is 0. The highest BCUT2D eigenvalue weighted by molar-refractivity contribution is 5.72. The van der Waals surface area contributed by atoms with E-state index >= 15 is 0 Å². The Kier molecular flexibility index (Phi) is 2.39. The highest BCUT2D eigenvalue weighted by atomic mass is 16.6. The highest BCUT2D eigenvalue weighted by Gasteiger charge is 3.21. The van der Waals surface area contributed by atoms with Gasteiger partial charge in [0.2, 0.25) is 0 Å². The van der Waals surface area contributed by atoms with Crippen LogP contribution in [0.5, 0.6) is 0 Å². The molecule has 1 saturated heterocycles. The van der Waals surface area contributed by atoms with Gasteiger partial charge in [-0.2, -0.15) is 0 Å². The standard InChI is InChI=1S/C21H25NO2/c23-18(24-12-15-8-4-3-5-9-15)22-13-19(14-22)10-6-1-2-7-11-20-16-17(20)21(16,19)20/h3-5,8-9,16-17H,1-2,6-7,10-14H2. The molecule has 1 aromatic carbocycles. The molecule has 3 heteroatoms. The molecular weight excluding hydrogens is 298 g/mol. The summed E-state index contributed by atoms with van der Waals surface area (Å²) in [5.41, 5.74) is 3.03. The van der Waals surface area contributed by atoms with E-state index in [0.29, 0.717) is 17.4 Å². The largest absolute Gasteiger partial charge is 0.445 e. The zero-order valence-corrected chi connectivity index (χ0v) is 14.2. The molecule has 0 radical (unpaired) electrons. The smallest absolute Gasteiger partial charge is 0.410 e. The number of likely N-dealkylation sites (tertiary alicyclic amines) is 1. The minimum Gasteiger partial charge on any atom is -0.445 e. The molecule has 6 aliphatic rings. The Bertz CT molecular complexity index is 696. The van der Waals surface area contributed by atoms with Crippen molar-refractivity contribution in [2.45, 2.75) is 45.1 Å². The SMILES string of the molecule is O=C(OCc1ccccc1)N1CC2(CCCCCCC34C5C3C524)C1. The van der Waals surface area contributed by atoms with Crippen molar-refractivity contribution in [3.63, 3.8) is 0 Å². The van der Waals surface area contributed by atoms with E-state index in [1.807, 2.05) is 35.2 Å². The van der Waals surface area contributed by atoms with Gasteiger partial charge in [-0.25, -0.2) is 4.79 Å². The molecule has 2 unspecified atom stereocenters. The maximum atomic E-state index is 12.4. The number of ether oxygens (including phenoxy) is 1. The fraction of sp³-hybridized carbons (Fsp3) is 0.667. The van der Waals surface area contributed by atoms with E-state index in [1.54, 1.807) is 0 Å². The molecule has 24 heavy (non-hydrogen) atoms. The molecule has 5 saturated carbocycles. The summed E-state index contributed by atoms with van der Waals surface area (Å²) in [5, 5.41) is 0. The predicted octanol–water partition coefficient (Wildman–Crippen LogP) is 4.23. The summed E-state index contributed by atoms with van der Waals surface area (Å²) in [5.74, 6) is 2.15. The number of hydrogen-bond donors (Lipinski definition) is 0. The van der Waals surface area contributed by atoms with Gasteiger partial charge in [-0.15, -0.1) is 0 Å². The van der Waals surface area contributed by atoms with Crippen molar-refractivity contribution in [1.29, 1.82) is 0 Å². The van der Waals surface area contributed by atoms with E-state index in [1.165, 1.54) is 38.5 Å². The molecule has 5 aliphatic carbocycles. The van der Waals surface area contributed by atoms with Crippen LogP contribution in [-0.4, -0.2) is 24.1 Å². The Labute approximate surface area is 143 Å². The topological polar surface area (TPSA) is 29.5 Å². The van der Waals surface area contributed by atoms with E-state index in [-0.39, 0.29) is 6.09 Å². The third kappa shape index (κ3) is 1.40. The summed E-state index contributed by atoms with van der Waals surface area (Å²) in [4.78, 5) is 14.4. The number of hydrogen-bond acceptors (Lipinski definition) is 2. The molecule has 2 atom stereocenters. The van der Waals surface area contributed by atoms with Gasteiger partial charge < -0.3 is 9.64 Å². The van der Waals surface area contributed by atoms with Gasteiger partial charge in [-0.3, -0.25) is 0 Å². The molecule has 7 rings (SSSR count). The molecule has 1 aliphatic heterocycles. The van der Waals surface area contributed by atoms with Crippen LogP contribution in [0, 0.1) is 28.1 Å². The normalized spacial score (nSPS) is 42.6. The average molecular weight is 323 g/mol. The van der Waals surface area contributed by atoms with E-state index in [9.17, 15) is 4.79 Å². The van der Waals surface area contributed by atoms with Crippen LogP contribution in [0.15, 0.2) is 30.3 Å². The zero-order valence-electron chi connectivity index (χ0n) is 14.2. The first kappa shape index (κ1) is 13.7. The van der Waals surface area contributed by atoms with E-state index in [0.717, 1.165) is 35.9 Å².